The van der Waals surface area contributed by atoms with Crippen LogP contribution in [0, 0.1) is 6.92 Å². The number of aromatic nitrogens is 4. The van der Waals surface area contributed by atoms with E-state index in [4.69, 9.17) is 14.2 Å². The number of nitrogens with one attached hydrogen (secondary N) is 1. The lowest BCUT2D eigenvalue weighted by molar-refractivity contribution is -0.116. The molecule has 1 atom stereocenters. The summed E-state index contributed by atoms with van der Waals surface area (Å²) in [6.45, 7) is 4.59. The molecule has 0 unspecified atom stereocenters. The Bertz CT molecular complexity index is 1090. The molecule has 3 aromatic rings. The molecule has 4 rings (SSSR count). The van der Waals surface area contributed by atoms with Crippen molar-refractivity contribution in [1.29, 1.82) is 0 Å². The van der Waals surface area contributed by atoms with Crippen molar-refractivity contribution in [3.63, 3.8) is 0 Å². The maximum Gasteiger partial charge on any atom is 0.233 e. The van der Waals surface area contributed by atoms with Gasteiger partial charge < -0.3 is 19.5 Å². The third-order valence-corrected chi connectivity index (χ3v) is 5.21. The molecule has 0 aliphatic carbocycles. The highest BCUT2D eigenvalue weighted by Gasteiger charge is 2.33. The van der Waals surface area contributed by atoms with Gasteiger partial charge in [0, 0.05) is 24.0 Å². The summed E-state index contributed by atoms with van der Waals surface area (Å²) < 4.78 is 18.0. The molecule has 1 amide bonds. The number of carbonyl (C=O) groups is 1. The smallest absolute Gasteiger partial charge is 0.233 e. The molecule has 9 nitrogen and oxygen atoms in total. The number of benzene rings is 1. The minimum Gasteiger partial charge on any atom is -0.493 e. The van der Waals surface area contributed by atoms with Crippen LogP contribution in [-0.2, 0) is 4.79 Å². The number of hydrogen-bond acceptors (Lipinski definition) is 7. The molecular weight excluding hydrogens is 398 g/mol. The number of aryl methyl sites for hydroxylation is 1. The standard InChI is InChI=1S/C22H25N5O4/c1-5-10-31-16-7-6-14(11-17(16)29-3)15-12-19(28)23-22-21(15)13(2)26-27(22)18-8-9-20(30-4)25-24-18/h6-9,11,15H,5,10,12H2,1-4H3,(H,23,28)/t15-/m0/s1. The van der Waals surface area contributed by atoms with Gasteiger partial charge in [-0.05, 0) is 37.1 Å². The second-order valence-electron chi connectivity index (χ2n) is 7.26. The van der Waals surface area contributed by atoms with Gasteiger partial charge in [-0.25, -0.2) is 0 Å². The molecule has 0 saturated carbocycles. The molecule has 0 fully saturated rings. The van der Waals surface area contributed by atoms with Crippen molar-refractivity contribution < 1.29 is 19.0 Å². The number of ether oxygens (including phenoxy) is 3. The van der Waals surface area contributed by atoms with E-state index in [1.54, 1.807) is 23.9 Å². The first-order chi connectivity index (χ1) is 15.0. The molecule has 31 heavy (non-hydrogen) atoms. The Hall–Kier alpha value is -3.62. The number of hydrogen-bond donors (Lipinski definition) is 1. The number of fused-ring (bicyclic) bond motifs is 1. The fourth-order valence-corrected chi connectivity index (χ4v) is 3.76. The zero-order chi connectivity index (χ0) is 22.0. The van der Waals surface area contributed by atoms with Gasteiger partial charge in [0.05, 0.1) is 26.5 Å². The van der Waals surface area contributed by atoms with Crippen LogP contribution < -0.4 is 19.5 Å². The van der Waals surface area contributed by atoms with Crippen LogP contribution in [0.1, 0.15) is 42.5 Å². The fourth-order valence-electron chi connectivity index (χ4n) is 3.76. The minimum absolute atomic E-state index is 0.0922. The number of nitrogens with zero attached hydrogens (tertiary/aromatic N) is 4. The van der Waals surface area contributed by atoms with Crippen molar-refractivity contribution in [2.24, 2.45) is 0 Å². The second-order valence-corrected chi connectivity index (χ2v) is 7.26. The van der Waals surface area contributed by atoms with E-state index in [1.165, 1.54) is 7.11 Å². The van der Waals surface area contributed by atoms with E-state index in [2.05, 4.69) is 27.5 Å². The Morgan fingerprint density at radius 1 is 1.13 bits per heavy atom. The summed E-state index contributed by atoms with van der Waals surface area (Å²) in [7, 11) is 3.14. The zero-order valence-electron chi connectivity index (χ0n) is 18.0. The van der Waals surface area contributed by atoms with Gasteiger partial charge >= 0.3 is 0 Å². The molecule has 0 bridgehead atoms. The maximum absolute atomic E-state index is 12.6. The highest BCUT2D eigenvalue weighted by Crippen LogP contribution is 2.42. The highest BCUT2D eigenvalue weighted by molar-refractivity contribution is 5.95. The van der Waals surface area contributed by atoms with Crippen LogP contribution in [0.4, 0.5) is 5.82 Å². The van der Waals surface area contributed by atoms with E-state index in [0.717, 1.165) is 23.2 Å². The van der Waals surface area contributed by atoms with Crippen molar-refractivity contribution in [3.05, 3.63) is 47.2 Å². The summed E-state index contributed by atoms with van der Waals surface area (Å²) in [5, 5.41) is 15.8. The number of rotatable bonds is 7. The van der Waals surface area contributed by atoms with Gasteiger partial charge in [-0.2, -0.15) is 9.78 Å². The Morgan fingerprint density at radius 3 is 2.65 bits per heavy atom. The Morgan fingerprint density at radius 2 is 1.97 bits per heavy atom. The van der Waals surface area contributed by atoms with Crippen LogP contribution >= 0.6 is 0 Å². The molecule has 2 aromatic heterocycles. The number of carbonyl (C=O) groups excluding carboxylic acids is 1. The van der Waals surface area contributed by atoms with Gasteiger partial charge in [-0.1, -0.05) is 13.0 Å². The third-order valence-electron chi connectivity index (χ3n) is 5.21. The van der Waals surface area contributed by atoms with E-state index in [-0.39, 0.29) is 11.8 Å². The van der Waals surface area contributed by atoms with Crippen molar-refractivity contribution in [2.45, 2.75) is 32.6 Å². The normalized spacial score (nSPS) is 15.2. The minimum atomic E-state index is -0.169. The van der Waals surface area contributed by atoms with Crippen LogP contribution in [-0.4, -0.2) is 46.7 Å². The van der Waals surface area contributed by atoms with Crippen molar-refractivity contribution >= 4 is 11.7 Å². The van der Waals surface area contributed by atoms with E-state index in [9.17, 15) is 4.79 Å². The molecular formula is C22H25N5O4. The molecule has 0 spiro atoms. The number of methoxy groups -OCH3 is 2. The molecule has 1 aliphatic rings. The molecule has 0 radical (unpaired) electrons. The number of anilines is 1. The SMILES string of the molecule is CCCOc1ccc([C@@H]2CC(=O)Nc3c2c(C)nn3-c2ccc(OC)nn2)cc1OC. The quantitative estimate of drug-likeness (QED) is 0.622. The highest BCUT2D eigenvalue weighted by atomic mass is 16.5. The fraction of sp³-hybridized carbons (Fsp3) is 0.364. The van der Waals surface area contributed by atoms with E-state index in [1.807, 2.05) is 25.1 Å². The number of amides is 1. The average molecular weight is 423 g/mol. The summed E-state index contributed by atoms with van der Waals surface area (Å²) in [5.74, 6) is 2.57. The first-order valence-electron chi connectivity index (χ1n) is 10.1. The third kappa shape index (κ3) is 3.90. The lowest BCUT2D eigenvalue weighted by Gasteiger charge is -2.25. The largest absolute Gasteiger partial charge is 0.493 e. The van der Waals surface area contributed by atoms with Crippen molar-refractivity contribution in [3.8, 4) is 23.2 Å². The van der Waals surface area contributed by atoms with Crippen molar-refractivity contribution in [2.75, 3.05) is 26.1 Å². The molecule has 3 heterocycles. The van der Waals surface area contributed by atoms with Crippen LogP contribution in [0.3, 0.4) is 0 Å². The van der Waals surface area contributed by atoms with E-state index < -0.39 is 0 Å². The average Bonchev–Trinajstić information content (AvgIpc) is 3.13. The monoisotopic (exact) mass is 423 g/mol. The van der Waals surface area contributed by atoms with Crippen LogP contribution in [0.2, 0.25) is 0 Å². The van der Waals surface area contributed by atoms with Crippen LogP contribution in [0.25, 0.3) is 5.82 Å². The summed E-state index contributed by atoms with van der Waals surface area (Å²) in [6, 6.07) is 9.25. The summed E-state index contributed by atoms with van der Waals surface area (Å²) in [4.78, 5) is 12.6. The Labute approximate surface area is 180 Å². The molecule has 1 N–H and O–H groups in total. The second kappa shape index (κ2) is 8.63. The van der Waals surface area contributed by atoms with Gasteiger partial charge in [0.25, 0.3) is 0 Å². The molecule has 1 aromatic carbocycles. The lowest BCUT2D eigenvalue weighted by atomic mass is 9.85. The van der Waals surface area contributed by atoms with E-state index >= 15 is 0 Å². The topological polar surface area (TPSA) is 100 Å². The molecule has 0 saturated heterocycles. The van der Waals surface area contributed by atoms with Gasteiger partial charge in [-0.15, -0.1) is 10.2 Å². The summed E-state index contributed by atoms with van der Waals surface area (Å²) in [5.41, 5.74) is 2.71. The molecule has 9 heteroatoms. The zero-order valence-corrected chi connectivity index (χ0v) is 18.0. The Balaban J connectivity index is 1.76. The van der Waals surface area contributed by atoms with Gasteiger partial charge in [-0.3, -0.25) is 4.79 Å². The van der Waals surface area contributed by atoms with Gasteiger partial charge in [0.15, 0.2) is 17.3 Å². The van der Waals surface area contributed by atoms with Crippen LogP contribution in [0.15, 0.2) is 30.3 Å². The molecule has 1 aliphatic heterocycles. The maximum atomic E-state index is 12.6. The summed E-state index contributed by atoms with van der Waals surface area (Å²) in [6.07, 6.45) is 1.22. The van der Waals surface area contributed by atoms with Gasteiger partial charge in [0.1, 0.15) is 5.82 Å². The summed E-state index contributed by atoms with van der Waals surface area (Å²) >= 11 is 0. The first kappa shape index (κ1) is 20.6. The predicted octanol–water partition coefficient (Wildman–Crippen LogP) is 3.25. The van der Waals surface area contributed by atoms with Gasteiger partial charge in [0.2, 0.25) is 11.8 Å². The van der Waals surface area contributed by atoms with Crippen LogP contribution in [0.5, 0.6) is 17.4 Å². The van der Waals surface area contributed by atoms with Crippen molar-refractivity contribution in [1.82, 2.24) is 20.0 Å². The predicted molar refractivity (Wildman–Crippen MR) is 114 cm³/mol. The van der Waals surface area contributed by atoms with E-state index in [0.29, 0.717) is 42.0 Å². The first-order valence-corrected chi connectivity index (χ1v) is 10.1. The lowest BCUT2D eigenvalue weighted by Crippen LogP contribution is -2.25. The molecule has 162 valence electrons. The Kier molecular flexibility index (Phi) is 5.75.